The van der Waals surface area contributed by atoms with Crippen molar-refractivity contribution in [1.29, 1.82) is 0 Å². The van der Waals surface area contributed by atoms with Crippen LogP contribution in [0.4, 0.5) is 5.69 Å². The van der Waals surface area contributed by atoms with Crippen molar-refractivity contribution in [3.05, 3.63) is 87.7 Å². The van der Waals surface area contributed by atoms with Gasteiger partial charge in [0.15, 0.2) is 0 Å². The van der Waals surface area contributed by atoms with Gasteiger partial charge in [0.05, 0.1) is 28.4 Å². The lowest BCUT2D eigenvalue weighted by Crippen LogP contribution is -2.32. The fourth-order valence-corrected chi connectivity index (χ4v) is 3.51. The first-order valence-electron chi connectivity index (χ1n) is 8.67. The zero-order valence-corrected chi connectivity index (χ0v) is 16.5. The number of nitrogens with one attached hydrogen (secondary N) is 1. The summed E-state index contributed by atoms with van der Waals surface area (Å²) in [6.45, 7) is 0.429. The number of fused-ring (bicyclic) bond motifs is 1. The van der Waals surface area contributed by atoms with E-state index in [1.165, 1.54) is 0 Å². The Labute approximate surface area is 172 Å². The Balaban J connectivity index is 1.66. The lowest BCUT2D eigenvalue weighted by Gasteiger charge is -2.26. The second kappa shape index (κ2) is 7.70. The van der Waals surface area contributed by atoms with Crippen molar-refractivity contribution in [2.75, 3.05) is 12.4 Å². The average Bonchev–Trinajstić information content (AvgIpc) is 2.97. The monoisotopic (exact) mass is 413 g/mol. The fourth-order valence-electron chi connectivity index (χ4n) is 3.22. The van der Waals surface area contributed by atoms with E-state index < -0.39 is 6.17 Å². The normalized spacial score (nSPS) is 15.5. The summed E-state index contributed by atoms with van der Waals surface area (Å²) >= 11 is 12.2. The summed E-state index contributed by atoms with van der Waals surface area (Å²) in [7, 11) is 1.62. The molecule has 2 heterocycles. The second-order valence-corrected chi connectivity index (χ2v) is 7.21. The number of pyridine rings is 1. The Kier molecular flexibility index (Phi) is 5.11. The fraction of sp³-hybridized carbons (Fsp3) is 0.143. The third kappa shape index (κ3) is 3.51. The number of benzene rings is 2. The third-order valence-corrected chi connectivity index (χ3v) is 5.37. The van der Waals surface area contributed by atoms with Gasteiger partial charge in [0.2, 0.25) is 0 Å². The number of ether oxygens (including phenoxy) is 1. The molecule has 7 heteroatoms. The highest BCUT2D eigenvalue weighted by Crippen LogP contribution is 2.35. The maximum atomic E-state index is 13.0. The van der Waals surface area contributed by atoms with Crippen LogP contribution in [0, 0.1) is 0 Å². The van der Waals surface area contributed by atoms with Crippen LogP contribution in [0.25, 0.3) is 0 Å². The first-order chi connectivity index (χ1) is 13.6. The van der Waals surface area contributed by atoms with Crippen LogP contribution < -0.4 is 10.1 Å². The number of hydrogen-bond donors (Lipinski definition) is 1. The molecular formula is C21H17Cl2N3O2. The second-order valence-electron chi connectivity index (χ2n) is 6.39. The largest absolute Gasteiger partial charge is 0.497 e. The van der Waals surface area contributed by atoms with Crippen molar-refractivity contribution < 1.29 is 9.53 Å². The molecule has 1 unspecified atom stereocenters. The van der Waals surface area contributed by atoms with Gasteiger partial charge in [0, 0.05) is 18.4 Å². The Morgan fingerprint density at radius 2 is 1.89 bits per heavy atom. The maximum absolute atomic E-state index is 13.0. The van der Waals surface area contributed by atoms with E-state index in [9.17, 15) is 4.79 Å². The smallest absolute Gasteiger partial charge is 0.258 e. The molecule has 0 spiro atoms. The summed E-state index contributed by atoms with van der Waals surface area (Å²) in [5.41, 5.74) is 3.02. The van der Waals surface area contributed by atoms with Crippen LogP contribution in [-0.2, 0) is 6.54 Å². The van der Waals surface area contributed by atoms with E-state index >= 15 is 0 Å². The van der Waals surface area contributed by atoms with Gasteiger partial charge in [-0.25, -0.2) is 0 Å². The van der Waals surface area contributed by atoms with E-state index in [0.717, 1.165) is 17.0 Å². The van der Waals surface area contributed by atoms with E-state index in [1.807, 2.05) is 30.3 Å². The zero-order chi connectivity index (χ0) is 19.7. The maximum Gasteiger partial charge on any atom is 0.258 e. The minimum atomic E-state index is -0.414. The quantitative estimate of drug-likeness (QED) is 0.627. The topological polar surface area (TPSA) is 54.5 Å². The summed E-state index contributed by atoms with van der Waals surface area (Å²) in [6.07, 6.45) is 1.27. The van der Waals surface area contributed by atoms with Crippen molar-refractivity contribution in [2.45, 2.75) is 12.7 Å². The molecule has 4 rings (SSSR count). The number of rotatable bonds is 5. The van der Waals surface area contributed by atoms with Crippen LogP contribution in [0.3, 0.4) is 0 Å². The van der Waals surface area contributed by atoms with Gasteiger partial charge in [-0.2, -0.15) is 0 Å². The molecule has 0 bridgehead atoms. The molecule has 0 fully saturated rings. The van der Waals surface area contributed by atoms with Crippen LogP contribution >= 0.6 is 23.2 Å². The summed E-state index contributed by atoms with van der Waals surface area (Å²) in [5.74, 6) is 0.698. The third-order valence-electron chi connectivity index (χ3n) is 4.64. The molecular weight excluding hydrogens is 397 g/mol. The van der Waals surface area contributed by atoms with Crippen LogP contribution in [-0.4, -0.2) is 22.9 Å². The van der Waals surface area contributed by atoms with E-state index in [0.29, 0.717) is 27.8 Å². The van der Waals surface area contributed by atoms with Gasteiger partial charge in [0.25, 0.3) is 5.91 Å². The Morgan fingerprint density at radius 3 is 2.61 bits per heavy atom. The van der Waals surface area contributed by atoms with E-state index in [4.69, 9.17) is 27.9 Å². The minimum absolute atomic E-state index is 0.0727. The van der Waals surface area contributed by atoms with E-state index in [-0.39, 0.29) is 5.91 Å². The molecule has 1 amide bonds. The number of carbonyl (C=O) groups excluding carboxylic acids is 1. The SMILES string of the molecule is COc1ccc(CN2C(=O)c3cccnc3C2Nc2ccc(Cl)c(Cl)c2)cc1. The number of hydrogen-bond acceptors (Lipinski definition) is 4. The standard InChI is InChI=1S/C21H17Cl2N3O2/c1-28-15-7-4-13(5-8-15)12-26-20(19-16(21(26)27)3-2-10-24-19)25-14-6-9-17(22)18(23)11-14/h2-11,20,25H,12H2,1H3. The Bertz CT molecular complexity index is 1020. The Hall–Kier alpha value is -2.76. The molecule has 1 aliphatic rings. The van der Waals surface area contributed by atoms with Gasteiger partial charge in [-0.1, -0.05) is 35.3 Å². The first kappa shape index (κ1) is 18.6. The molecule has 2 aromatic carbocycles. The van der Waals surface area contributed by atoms with Crippen LogP contribution in [0.2, 0.25) is 10.0 Å². The highest BCUT2D eigenvalue weighted by atomic mass is 35.5. The van der Waals surface area contributed by atoms with Crippen molar-refractivity contribution in [2.24, 2.45) is 0 Å². The molecule has 1 aliphatic heterocycles. The summed E-state index contributed by atoms with van der Waals surface area (Å²) in [6, 6.07) is 16.5. The van der Waals surface area contributed by atoms with Crippen LogP contribution in [0.1, 0.15) is 27.8 Å². The number of aromatic nitrogens is 1. The predicted octanol–water partition coefficient (Wildman–Crippen LogP) is 5.16. The molecule has 0 aliphatic carbocycles. The molecule has 0 radical (unpaired) electrons. The van der Waals surface area contributed by atoms with Gasteiger partial charge >= 0.3 is 0 Å². The number of carbonyl (C=O) groups is 1. The molecule has 1 N–H and O–H groups in total. The molecule has 28 heavy (non-hydrogen) atoms. The minimum Gasteiger partial charge on any atom is -0.497 e. The van der Waals surface area contributed by atoms with Gasteiger partial charge in [0.1, 0.15) is 11.9 Å². The van der Waals surface area contributed by atoms with Gasteiger partial charge in [-0.3, -0.25) is 9.78 Å². The Morgan fingerprint density at radius 1 is 1.11 bits per heavy atom. The van der Waals surface area contributed by atoms with Crippen LogP contribution in [0.5, 0.6) is 5.75 Å². The first-order valence-corrected chi connectivity index (χ1v) is 9.43. The predicted molar refractivity (Wildman–Crippen MR) is 110 cm³/mol. The molecule has 3 aromatic rings. The molecule has 0 saturated heterocycles. The molecule has 1 aromatic heterocycles. The number of halogens is 2. The molecule has 5 nitrogen and oxygen atoms in total. The number of methoxy groups -OCH3 is 1. The molecule has 1 atom stereocenters. The molecule has 0 saturated carbocycles. The highest BCUT2D eigenvalue weighted by Gasteiger charge is 2.37. The number of nitrogens with zero attached hydrogens (tertiary/aromatic N) is 2. The number of anilines is 1. The van der Waals surface area contributed by atoms with Gasteiger partial charge in [-0.15, -0.1) is 0 Å². The lowest BCUT2D eigenvalue weighted by atomic mass is 10.2. The number of amides is 1. The van der Waals surface area contributed by atoms with Crippen molar-refractivity contribution in [1.82, 2.24) is 9.88 Å². The lowest BCUT2D eigenvalue weighted by molar-refractivity contribution is 0.0728. The van der Waals surface area contributed by atoms with Gasteiger partial charge < -0.3 is 15.0 Å². The van der Waals surface area contributed by atoms with E-state index in [2.05, 4.69) is 10.3 Å². The van der Waals surface area contributed by atoms with Crippen molar-refractivity contribution >= 4 is 34.8 Å². The summed E-state index contributed by atoms with van der Waals surface area (Å²) in [5, 5.41) is 4.28. The molecule has 142 valence electrons. The average molecular weight is 414 g/mol. The van der Waals surface area contributed by atoms with Gasteiger partial charge in [-0.05, 0) is 48.0 Å². The van der Waals surface area contributed by atoms with Crippen molar-refractivity contribution in [3.8, 4) is 5.75 Å². The van der Waals surface area contributed by atoms with Crippen molar-refractivity contribution in [3.63, 3.8) is 0 Å². The van der Waals surface area contributed by atoms with Crippen LogP contribution in [0.15, 0.2) is 60.8 Å². The summed E-state index contributed by atoms with van der Waals surface area (Å²) in [4.78, 5) is 19.2. The van der Waals surface area contributed by atoms with E-state index in [1.54, 1.807) is 42.5 Å². The summed E-state index contributed by atoms with van der Waals surface area (Å²) < 4.78 is 5.21. The zero-order valence-electron chi connectivity index (χ0n) is 15.0. The highest BCUT2D eigenvalue weighted by molar-refractivity contribution is 6.42.